The molecule has 6 rings (SSSR count). The molecule has 2 N–H and O–H groups in total. The van der Waals surface area contributed by atoms with E-state index in [-0.39, 0.29) is 5.41 Å². The summed E-state index contributed by atoms with van der Waals surface area (Å²) >= 11 is 1.97. The minimum Gasteiger partial charge on any atom is -0.306 e. The third-order valence-corrected chi connectivity index (χ3v) is 8.51. The fraction of sp³-hybridized carbons (Fsp3) is 0.615. The lowest BCUT2D eigenvalue weighted by atomic mass is 9.53. The SMILES string of the molecule is CC(C)(C)c1ccc(-c2ccc(CNC34CC5CC(CC(C5)C3)C4)s2)cc1.CS(=O)(=O)O. The van der Waals surface area contributed by atoms with Crippen molar-refractivity contribution in [2.24, 2.45) is 17.8 Å². The Kier molecular flexibility index (Phi) is 6.63. The third kappa shape index (κ3) is 6.02. The van der Waals surface area contributed by atoms with Crippen molar-refractivity contribution in [3.8, 4) is 10.4 Å². The lowest BCUT2D eigenvalue weighted by Crippen LogP contribution is -2.58. The Bertz CT molecular complexity index is 988. The normalized spacial score (nSPS) is 29.0. The summed E-state index contributed by atoms with van der Waals surface area (Å²) in [7, 11) is -3.67. The summed E-state index contributed by atoms with van der Waals surface area (Å²) in [6.45, 7) is 7.89. The van der Waals surface area contributed by atoms with Crippen LogP contribution in [0.3, 0.4) is 0 Å². The van der Waals surface area contributed by atoms with Crippen molar-refractivity contribution < 1.29 is 13.0 Å². The van der Waals surface area contributed by atoms with Gasteiger partial charge in [0.1, 0.15) is 0 Å². The molecule has 4 nitrogen and oxygen atoms in total. The van der Waals surface area contributed by atoms with Gasteiger partial charge in [-0.15, -0.1) is 11.3 Å². The van der Waals surface area contributed by atoms with Crippen molar-refractivity contribution in [2.45, 2.75) is 76.8 Å². The Morgan fingerprint density at radius 1 is 0.969 bits per heavy atom. The van der Waals surface area contributed by atoms with E-state index in [0.29, 0.717) is 11.8 Å². The molecule has 2 aromatic rings. The molecule has 6 heteroatoms. The summed E-state index contributed by atoms with van der Waals surface area (Å²) in [6.07, 6.45) is 9.59. The first-order chi connectivity index (χ1) is 14.9. The van der Waals surface area contributed by atoms with E-state index in [1.807, 2.05) is 11.3 Å². The highest BCUT2D eigenvalue weighted by Gasteiger charge is 2.50. The molecule has 32 heavy (non-hydrogen) atoms. The largest absolute Gasteiger partial charge is 0.306 e. The van der Waals surface area contributed by atoms with Crippen LogP contribution in [0.4, 0.5) is 0 Å². The lowest BCUT2D eigenvalue weighted by molar-refractivity contribution is -0.0204. The number of rotatable bonds is 4. The first kappa shape index (κ1) is 23.9. The van der Waals surface area contributed by atoms with Crippen molar-refractivity contribution >= 4 is 21.5 Å². The van der Waals surface area contributed by atoms with Gasteiger partial charge >= 0.3 is 0 Å². The van der Waals surface area contributed by atoms with Gasteiger partial charge in [0.2, 0.25) is 0 Å². The molecule has 0 amide bonds. The van der Waals surface area contributed by atoms with Crippen LogP contribution in [0.5, 0.6) is 0 Å². The summed E-state index contributed by atoms with van der Waals surface area (Å²) in [6, 6.07) is 13.8. The molecule has 1 aromatic carbocycles. The Labute approximate surface area is 197 Å². The predicted octanol–water partition coefficient (Wildman–Crippen LogP) is 6.28. The molecule has 0 unspecified atom stereocenters. The average molecular weight is 476 g/mol. The van der Waals surface area contributed by atoms with Crippen molar-refractivity contribution in [1.29, 1.82) is 0 Å². The van der Waals surface area contributed by atoms with Crippen molar-refractivity contribution in [3.05, 3.63) is 46.8 Å². The second kappa shape index (κ2) is 8.86. The molecule has 4 fully saturated rings. The monoisotopic (exact) mass is 475 g/mol. The van der Waals surface area contributed by atoms with E-state index in [9.17, 15) is 8.42 Å². The maximum atomic E-state index is 9.19. The zero-order chi connectivity index (χ0) is 23.1. The predicted molar refractivity (Wildman–Crippen MR) is 134 cm³/mol. The Balaban J connectivity index is 0.000000444. The van der Waals surface area contributed by atoms with E-state index in [1.54, 1.807) is 0 Å². The van der Waals surface area contributed by atoms with Crippen LogP contribution in [0.1, 0.15) is 69.7 Å². The summed E-state index contributed by atoms with van der Waals surface area (Å²) in [5.74, 6) is 3.05. The summed E-state index contributed by atoms with van der Waals surface area (Å²) < 4.78 is 25.9. The van der Waals surface area contributed by atoms with Crippen LogP contribution < -0.4 is 5.32 Å². The molecule has 4 aliphatic rings. The molecule has 0 spiro atoms. The molecule has 1 heterocycles. The van der Waals surface area contributed by atoms with Gasteiger partial charge in [-0.25, -0.2) is 0 Å². The van der Waals surface area contributed by atoms with Crippen LogP contribution in [0.25, 0.3) is 10.4 Å². The molecular formula is C26H37NO3S2. The molecule has 0 saturated heterocycles. The number of thiophene rings is 1. The Morgan fingerprint density at radius 3 is 1.94 bits per heavy atom. The molecule has 176 valence electrons. The fourth-order valence-electron chi connectivity index (χ4n) is 6.36. The highest BCUT2D eigenvalue weighted by molar-refractivity contribution is 7.85. The van der Waals surface area contributed by atoms with Crippen LogP contribution in [-0.2, 0) is 22.1 Å². The summed E-state index contributed by atoms with van der Waals surface area (Å²) in [5, 5.41) is 4.05. The van der Waals surface area contributed by atoms with Gasteiger partial charge < -0.3 is 5.32 Å². The quantitative estimate of drug-likeness (QED) is 0.511. The zero-order valence-corrected chi connectivity index (χ0v) is 21.4. The lowest BCUT2D eigenvalue weighted by Gasteiger charge is -2.57. The smallest absolute Gasteiger partial charge is 0.261 e. The van der Waals surface area contributed by atoms with Crippen molar-refractivity contribution in [2.75, 3.05) is 6.26 Å². The second-order valence-corrected chi connectivity index (χ2v) is 14.0. The maximum absolute atomic E-state index is 9.19. The second-order valence-electron chi connectivity index (χ2n) is 11.4. The van der Waals surface area contributed by atoms with Crippen LogP contribution >= 0.6 is 11.3 Å². The molecular weight excluding hydrogens is 438 g/mol. The highest BCUT2D eigenvalue weighted by Crippen LogP contribution is 2.55. The molecule has 4 bridgehead atoms. The Morgan fingerprint density at radius 2 is 1.47 bits per heavy atom. The first-order valence-corrected chi connectivity index (χ1v) is 14.4. The van der Waals surface area contributed by atoms with Gasteiger partial charge in [0.15, 0.2) is 0 Å². The van der Waals surface area contributed by atoms with Crippen LogP contribution in [0.15, 0.2) is 36.4 Å². The van der Waals surface area contributed by atoms with Gasteiger partial charge in [-0.05, 0) is 85.0 Å². The standard InChI is InChI=1S/C25H33NS.CH4O3S/c1-24(2,3)21-6-4-20(5-7-21)23-9-8-22(27-23)16-26-25-13-17-10-18(14-25)12-19(11-17)15-25;1-5(2,3)4/h4-9,17-19,26H,10-16H2,1-3H3;1H3,(H,2,3,4). The van der Waals surface area contributed by atoms with Crippen molar-refractivity contribution in [1.82, 2.24) is 5.32 Å². The highest BCUT2D eigenvalue weighted by atomic mass is 32.2. The van der Waals surface area contributed by atoms with Gasteiger partial charge in [0.05, 0.1) is 6.26 Å². The van der Waals surface area contributed by atoms with Gasteiger partial charge in [0, 0.05) is 21.8 Å². The van der Waals surface area contributed by atoms with Gasteiger partial charge in [-0.1, -0.05) is 45.0 Å². The molecule has 4 saturated carbocycles. The van der Waals surface area contributed by atoms with E-state index in [4.69, 9.17) is 4.55 Å². The van der Waals surface area contributed by atoms with Crippen LogP contribution in [0.2, 0.25) is 0 Å². The molecule has 0 radical (unpaired) electrons. The number of hydrogen-bond acceptors (Lipinski definition) is 4. The number of benzene rings is 1. The molecule has 0 atom stereocenters. The molecule has 4 aliphatic carbocycles. The van der Waals surface area contributed by atoms with E-state index >= 15 is 0 Å². The maximum Gasteiger partial charge on any atom is 0.261 e. The minimum absolute atomic E-state index is 0.223. The van der Waals surface area contributed by atoms with E-state index in [0.717, 1.165) is 24.3 Å². The zero-order valence-electron chi connectivity index (χ0n) is 19.7. The summed E-state index contributed by atoms with van der Waals surface area (Å²) in [5.41, 5.74) is 3.45. The first-order valence-electron chi connectivity index (χ1n) is 11.8. The van der Waals surface area contributed by atoms with Crippen LogP contribution in [-0.4, -0.2) is 24.8 Å². The topological polar surface area (TPSA) is 66.4 Å². The fourth-order valence-corrected chi connectivity index (χ4v) is 7.32. The molecule has 1 aromatic heterocycles. The van der Waals surface area contributed by atoms with Crippen LogP contribution in [0, 0.1) is 17.8 Å². The Hall–Kier alpha value is -1.21. The van der Waals surface area contributed by atoms with Gasteiger partial charge in [0.25, 0.3) is 10.1 Å². The average Bonchev–Trinajstić information content (AvgIpc) is 3.13. The van der Waals surface area contributed by atoms with Gasteiger partial charge in [-0.2, -0.15) is 8.42 Å². The molecule has 0 aliphatic heterocycles. The minimum atomic E-state index is -3.67. The summed E-state index contributed by atoms with van der Waals surface area (Å²) in [4.78, 5) is 2.89. The number of nitrogens with one attached hydrogen (secondary N) is 1. The van der Waals surface area contributed by atoms with E-state index < -0.39 is 10.1 Å². The van der Waals surface area contributed by atoms with E-state index in [1.165, 1.54) is 59.4 Å². The number of hydrogen-bond donors (Lipinski definition) is 2. The van der Waals surface area contributed by atoms with Crippen molar-refractivity contribution in [3.63, 3.8) is 0 Å². The van der Waals surface area contributed by atoms with Gasteiger partial charge in [-0.3, -0.25) is 4.55 Å². The third-order valence-electron chi connectivity index (χ3n) is 7.37. The van der Waals surface area contributed by atoms with E-state index in [2.05, 4.69) is 62.5 Å².